The minimum atomic E-state index is 0.799. The SMILES string of the molecule is Cc1ccc(N2CCN(N=CC3=C(N4CCOCC4)C(=Cc4ccccc4)CC3)CC2)cc1. The first kappa shape index (κ1) is 21.8. The van der Waals surface area contributed by atoms with E-state index < -0.39 is 0 Å². The molecule has 0 aromatic heterocycles. The summed E-state index contributed by atoms with van der Waals surface area (Å²) < 4.78 is 5.63. The van der Waals surface area contributed by atoms with E-state index in [2.05, 4.69) is 88.6 Å². The molecule has 172 valence electrons. The Morgan fingerprint density at radius 2 is 1.52 bits per heavy atom. The third kappa shape index (κ3) is 5.31. The van der Waals surface area contributed by atoms with Gasteiger partial charge in [0.05, 0.1) is 32.5 Å². The molecule has 2 aromatic rings. The number of benzene rings is 2. The number of piperazine rings is 1. The van der Waals surface area contributed by atoms with E-state index in [0.717, 1.165) is 65.3 Å². The van der Waals surface area contributed by atoms with Crippen LogP contribution in [0.25, 0.3) is 6.08 Å². The molecule has 5 heteroatoms. The number of rotatable bonds is 5. The molecular formula is C28H34N4O. The average Bonchev–Trinajstić information content (AvgIpc) is 3.27. The molecule has 5 rings (SSSR count). The van der Waals surface area contributed by atoms with Crippen LogP contribution in [0.3, 0.4) is 0 Å². The Hall–Kier alpha value is -3.05. The first-order chi connectivity index (χ1) is 16.3. The summed E-state index contributed by atoms with van der Waals surface area (Å²) in [5.41, 5.74) is 8.05. The van der Waals surface area contributed by atoms with E-state index in [1.165, 1.54) is 33.7 Å². The van der Waals surface area contributed by atoms with Crippen molar-refractivity contribution >= 4 is 18.0 Å². The van der Waals surface area contributed by atoms with E-state index in [1.807, 2.05) is 0 Å². The molecule has 2 saturated heterocycles. The zero-order chi connectivity index (χ0) is 22.5. The van der Waals surface area contributed by atoms with Gasteiger partial charge in [-0.2, -0.15) is 5.10 Å². The topological polar surface area (TPSA) is 31.3 Å². The van der Waals surface area contributed by atoms with E-state index in [4.69, 9.17) is 9.84 Å². The number of allylic oxidation sites excluding steroid dienone is 2. The Labute approximate surface area is 197 Å². The normalized spacial score (nSPS) is 21.0. The molecule has 2 aliphatic heterocycles. The number of nitrogens with zero attached hydrogens (tertiary/aromatic N) is 4. The molecule has 0 saturated carbocycles. The molecule has 33 heavy (non-hydrogen) atoms. The van der Waals surface area contributed by atoms with Crippen molar-refractivity contribution in [3.05, 3.63) is 82.6 Å². The van der Waals surface area contributed by atoms with Crippen molar-refractivity contribution in [1.29, 1.82) is 0 Å². The number of hydrogen-bond donors (Lipinski definition) is 0. The second-order valence-electron chi connectivity index (χ2n) is 9.07. The van der Waals surface area contributed by atoms with Gasteiger partial charge < -0.3 is 14.5 Å². The molecule has 5 nitrogen and oxygen atoms in total. The minimum Gasteiger partial charge on any atom is -0.378 e. The molecule has 0 radical (unpaired) electrons. The number of hydrogen-bond acceptors (Lipinski definition) is 5. The van der Waals surface area contributed by atoms with E-state index in [1.54, 1.807) is 0 Å². The van der Waals surface area contributed by atoms with Crippen LogP contribution in [0.1, 0.15) is 24.0 Å². The minimum absolute atomic E-state index is 0.799. The molecule has 0 atom stereocenters. The van der Waals surface area contributed by atoms with Crippen LogP contribution in [0, 0.1) is 6.92 Å². The fraction of sp³-hybridized carbons (Fsp3) is 0.393. The first-order valence-electron chi connectivity index (χ1n) is 12.2. The molecule has 0 N–H and O–H groups in total. The maximum atomic E-state index is 5.63. The van der Waals surface area contributed by atoms with Gasteiger partial charge in [-0.05, 0) is 54.7 Å². The van der Waals surface area contributed by atoms with Gasteiger partial charge in [-0.25, -0.2) is 0 Å². The molecule has 2 fully saturated rings. The summed E-state index contributed by atoms with van der Waals surface area (Å²) in [5, 5.41) is 7.16. The molecule has 3 aliphatic rings. The molecule has 2 heterocycles. The van der Waals surface area contributed by atoms with E-state index in [9.17, 15) is 0 Å². The highest BCUT2D eigenvalue weighted by Crippen LogP contribution is 2.35. The third-order valence-electron chi connectivity index (χ3n) is 6.77. The van der Waals surface area contributed by atoms with E-state index >= 15 is 0 Å². The van der Waals surface area contributed by atoms with Gasteiger partial charge in [0.15, 0.2) is 0 Å². The summed E-state index contributed by atoms with van der Waals surface area (Å²) in [7, 11) is 0. The molecule has 0 bridgehead atoms. The van der Waals surface area contributed by atoms with Crippen molar-refractivity contribution in [3.63, 3.8) is 0 Å². The van der Waals surface area contributed by atoms with Gasteiger partial charge in [0, 0.05) is 37.6 Å². The summed E-state index contributed by atoms with van der Waals surface area (Å²) in [5.74, 6) is 0. The lowest BCUT2D eigenvalue weighted by atomic mass is 10.1. The second-order valence-corrected chi connectivity index (χ2v) is 9.07. The highest BCUT2D eigenvalue weighted by atomic mass is 16.5. The fourth-order valence-electron chi connectivity index (χ4n) is 4.90. The molecule has 1 aliphatic carbocycles. The third-order valence-corrected chi connectivity index (χ3v) is 6.77. The van der Waals surface area contributed by atoms with Crippen molar-refractivity contribution < 1.29 is 4.74 Å². The largest absolute Gasteiger partial charge is 0.378 e. The Balaban J connectivity index is 1.30. The first-order valence-corrected chi connectivity index (χ1v) is 12.2. The summed E-state index contributed by atoms with van der Waals surface area (Å²) in [6.07, 6.45) is 6.62. The Morgan fingerprint density at radius 3 is 2.24 bits per heavy atom. The number of ether oxygens (including phenoxy) is 1. The predicted molar refractivity (Wildman–Crippen MR) is 137 cm³/mol. The van der Waals surface area contributed by atoms with Crippen molar-refractivity contribution in [1.82, 2.24) is 9.91 Å². The van der Waals surface area contributed by atoms with Gasteiger partial charge in [-0.15, -0.1) is 0 Å². The lowest BCUT2D eigenvalue weighted by Gasteiger charge is -2.34. The van der Waals surface area contributed by atoms with Crippen LogP contribution >= 0.6 is 0 Å². The monoisotopic (exact) mass is 442 g/mol. The van der Waals surface area contributed by atoms with Crippen molar-refractivity contribution in [2.75, 3.05) is 57.4 Å². The maximum absolute atomic E-state index is 5.63. The van der Waals surface area contributed by atoms with Crippen molar-refractivity contribution in [3.8, 4) is 0 Å². The highest BCUT2D eigenvalue weighted by molar-refractivity contribution is 5.83. The number of hydrazone groups is 1. The average molecular weight is 443 g/mol. The van der Waals surface area contributed by atoms with Gasteiger partial charge in [0.1, 0.15) is 0 Å². The smallest absolute Gasteiger partial charge is 0.0642 e. The number of aryl methyl sites for hydroxylation is 1. The fourth-order valence-corrected chi connectivity index (χ4v) is 4.90. The van der Waals surface area contributed by atoms with Crippen molar-refractivity contribution in [2.45, 2.75) is 19.8 Å². The Bertz CT molecular complexity index is 1010. The van der Waals surface area contributed by atoms with Crippen LogP contribution in [0.15, 0.2) is 76.5 Å². The molecular weight excluding hydrogens is 408 g/mol. The zero-order valence-electron chi connectivity index (χ0n) is 19.6. The molecule has 2 aromatic carbocycles. The maximum Gasteiger partial charge on any atom is 0.0642 e. The van der Waals surface area contributed by atoms with Gasteiger partial charge in [0.25, 0.3) is 0 Å². The summed E-state index contributed by atoms with van der Waals surface area (Å²) in [6, 6.07) is 19.5. The Kier molecular flexibility index (Phi) is 6.77. The van der Waals surface area contributed by atoms with Crippen LogP contribution in [0.5, 0.6) is 0 Å². The lowest BCUT2D eigenvalue weighted by molar-refractivity contribution is 0.0548. The van der Waals surface area contributed by atoms with Gasteiger partial charge in [0.2, 0.25) is 0 Å². The lowest BCUT2D eigenvalue weighted by Crippen LogP contribution is -2.44. The number of morpholine rings is 1. The van der Waals surface area contributed by atoms with Gasteiger partial charge in [-0.3, -0.25) is 5.01 Å². The molecule has 0 spiro atoms. The summed E-state index contributed by atoms with van der Waals surface area (Å²) in [4.78, 5) is 4.96. The van der Waals surface area contributed by atoms with Crippen LogP contribution in [0.4, 0.5) is 5.69 Å². The van der Waals surface area contributed by atoms with E-state index in [-0.39, 0.29) is 0 Å². The van der Waals surface area contributed by atoms with Crippen LogP contribution in [0.2, 0.25) is 0 Å². The molecule has 0 unspecified atom stereocenters. The molecule has 0 amide bonds. The predicted octanol–water partition coefficient (Wildman–Crippen LogP) is 4.57. The standard InChI is InChI=1S/C28H34N4O/c1-23-7-11-27(12-8-23)30-13-15-32(16-14-30)29-22-26-10-9-25(21-24-5-3-2-4-6-24)28(26)31-17-19-33-20-18-31/h2-8,11-12,21-22H,9-10,13-20H2,1H3. The zero-order valence-corrected chi connectivity index (χ0v) is 19.6. The van der Waals surface area contributed by atoms with Gasteiger partial charge >= 0.3 is 0 Å². The van der Waals surface area contributed by atoms with E-state index in [0.29, 0.717) is 0 Å². The second kappa shape index (κ2) is 10.3. The van der Waals surface area contributed by atoms with Crippen LogP contribution < -0.4 is 4.90 Å². The number of anilines is 1. The van der Waals surface area contributed by atoms with Gasteiger partial charge in [-0.1, -0.05) is 48.0 Å². The van der Waals surface area contributed by atoms with Crippen molar-refractivity contribution in [2.24, 2.45) is 5.10 Å². The van der Waals surface area contributed by atoms with Crippen LogP contribution in [-0.2, 0) is 4.74 Å². The quantitative estimate of drug-likeness (QED) is 0.635. The van der Waals surface area contributed by atoms with Crippen LogP contribution in [-0.4, -0.2) is 68.6 Å². The summed E-state index contributed by atoms with van der Waals surface area (Å²) in [6.45, 7) is 9.57. The Morgan fingerprint density at radius 1 is 0.788 bits per heavy atom. The highest BCUT2D eigenvalue weighted by Gasteiger charge is 2.26. The summed E-state index contributed by atoms with van der Waals surface area (Å²) >= 11 is 0.